The molecule has 1 aromatic heterocycles. The standard InChI is InChI=1S/C15H10ClFN2O/c16-10-4-1-5-12(14(10)17)20-13-7-6-11-9(15(13)18)3-2-8-19-11/h1-8H,18H2. The lowest BCUT2D eigenvalue weighted by Gasteiger charge is -2.11. The van der Waals surface area contributed by atoms with E-state index in [1.165, 1.54) is 12.1 Å². The van der Waals surface area contributed by atoms with Crippen LogP contribution in [0.3, 0.4) is 0 Å². The zero-order chi connectivity index (χ0) is 14.1. The lowest BCUT2D eigenvalue weighted by Crippen LogP contribution is -1.95. The largest absolute Gasteiger partial charge is 0.452 e. The van der Waals surface area contributed by atoms with Gasteiger partial charge in [-0.2, -0.15) is 0 Å². The molecule has 0 atom stereocenters. The Morgan fingerprint density at radius 2 is 1.90 bits per heavy atom. The van der Waals surface area contributed by atoms with Crippen LogP contribution in [-0.2, 0) is 0 Å². The Morgan fingerprint density at radius 1 is 1.05 bits per heavy atom. The van der Waals surface area contributed by atoms with E-state index in [4.69, 9.17) is 22.1 Å². The number of rotatable bonds is 2. The van der Waals surface area contributed by atoms with Gasteiger partial charge in [0.1, 0.15) is 0 Å². The van der Waals surface area contributed by atoms with E-state index >= 15 is 0 Å². The van der Waals surface area contributed by atoms with Gasteiger partial charge in [-0.1, -0.05) is 17.7 Å². The van der Waals surface area contributed by atoms with Crippen LogP contribution in [-0.4, -0.2) is 4.98 Å². The van der Waals surface area contributed by atoms with Crippen LogP contribution in [0.25, 0.3) is 10.9 Å². The minimum Gasteiger partial charge on any atom is -0.452 e. The Bertz CT molecular complexity index is 792. The number of hydrogen-bond acceptors (Lipinski definition) is 3. The van der Waals surface area contributed by atoms with Crippen LogP contribution in [0.4, 0.5) is 10.1 Å². The van der Waals surface area contributed by atoms with Crippen molar-refractivity contribution in [3.8, 4) is 11.5 Å². The second-order valence-corrected chi connectivity index (χ2v) is 4.61. The number of pyridine rings is 1. The molecule has 0 saturated carbocycles. The molecule has 0 aliphatic carbocycles. The molecule has 2 aromatic carbocycles. The van der Waals surface area contributed by atoms with Gasteiger partial charge in [0.25, 0.3) is 0 Å². The average Bonchev–Trinajstić information content (AvgIpc) is 2.47. The Balaban J connectivity index is 2.07. The highest BCUT2D eigenvalue weighted by Gasteiger charge is 2.11. The van der Waals surface area contributed by atoms with Crippen LogP contribution < -0.4 is 10.5 Å². The summed E-state index contributed by atoms with van der Waals surface area (Å²) < 4.78 is 19.3. The maximum absolute atomic E-state index is 13.8. The predicted octanol–water partition coefficient (Wildman–Crippen LogP) is 4.40. The van der Waals surface area contributed by atoms with Crippen molar-refractivity contribution in [1.29, 1.82) is 0 Å². The third kappa shape index (κ3) is 2.14. The van der Waals surface area contributed by atoms with E-state index in [9.17, 15) is 4.39 Å². The molecular formula is C15H10ClFN2O. The third-order valence-corrected chi connectivity index (χ3v) is 3.21. The van der Waals surface area contributed by atoms with Crippen molar-refractivity contribution in [3.63, 3.8) is 0 Å². The molecule has 0 fully saturated rings. The van der Waals surface area contributed by atoms with Gasteiger partial charge >= 0.3 is 0 Å². The van der Waals surface area contributed by atoms with E-state index < -0.39 is 5.82 Å². The smallest absolute Gasteiger partial charge is 0.184 e. The van der Waals surface area contributed by atoms with Crippen molar-refractivity contribution in [2.45, 2.75) is 0 Å². The first-order valence-electron chi connectivity index (χ1n) is 5.92. The molecule has 20 heavy (non-hydrogen) atoms. The fourth-order valence-corrected chi connectivity index (χ4v) is 2.09. The van der Waals surface area contributed by atoms with Crippen LogP contribution in [0.5, 0.6) is 11.5 Å². The number of hydrogen-bond donors (Lipinski definition) is 1. The van der Waals surface area contributed by atoms with Gasteiger partial charge in [-0.3, -0.25) is 4.98 Å². The highest BCUT2D eigenvalue weighted by atomic mass is 35.5. The monoisotopic (exact) mass is 288 g/mol. The number of nitrogens with zero attached hydrogens (tertiary/aromatic N) is 1. The SMILES string of the molecule is Nc1c(Oc2cccc(Cl)c2F)ccc2ncccc12. The number of anilines is 1. The molecule has 100 valence electrons. The first kappa shape index (κ1) is 12.7. The summed E-state index contributed by atoms with van der Waals surface area (Å²) in [7, 11) is 0. The van der Waals surface area contributed by atoms with Gasteiger partial charge in [0.2, 0.25) is 0 Å². The van der Waals surface area contributed by atoms with Gasteiger partial charge in [0, 0.05) is 11.6 Å². The second-order valence-electron chi connectivity index (χ2n) is 4.20. The van der Waals surface area contributed by atoms with E-state index in [2.05, 4.69) is 4.98 Å². The summed E-state index contributed by atoms with van der Waals surface area (Å²) in [5, 5.41) is 0.760. The van der Waals surface area contributed by atoms with E-state index in [1.54, 1.807) is 30.5 Å². The summed E-state index contributed by atoms with van der Waals surface area (Å²) in [5.41, 5.74) is 7.20. The van der Waals surface area contributed by atoms with Gasteiger partial charge in [0.05, 0.1) is 16.2 Å². The Labute approximate surface area is 119 Å². The third-order valence-electron chi connectivity index (χ3n) is 2.92. The van der Waals surface area contributed by atoms with Crippen LogP contribution >= 0.6 is 11.6 Å². The normalized spacial score (nSPS) is 10.7. The number of aromatic nitrogens is 1. The molecule has 3 rings (SSSR count). The number of benzene rings is 2. The second kappa shape index (κ2) is 4.98. The Hall–Kier alpha value is -2.33. The predicted molar refractivity (Wildman–Crippen MR) is 77.6 cm³/mol. The molecule has 0 unspecified atom stereocenters. The number of nitrogen functional groups attached to an aromatic ring is 1. The van der Waals surface area contributed by atoms with Crippen molar-refractivity contribution in [2.24, 2.45) is 0 Å². The molecule has 3 aromatic rings. The summed E-state index contributed by atoms with van der Waals surface area (Å²) in [5.74, 6) is -0.209. The van der Waals surface area contributed by atoms with Gasteiger partial charge in [-0.25, -0.2) is 4.39 Å². The molecule has 0 aliphatic rings. The number of ether oxygens (including phenoxy) is 1. The van der Waals surface area contributed by atoms with Gasteiger partial charge in [-0.05, 0) is 36.4 Å². The average molecular weight is 289 g/mol. The summed E-state index contributed by atoms with van der Waals surface area (Å²) in [6.45, 7) is 0. The zero-order valence-electron chi connectivity index (χ0n) is 10.3. The van der Waals surface area contributed by atoms with Crippen LogP contribution in [0.1, 0.15) is 0 Å². The highest BCUT2D eigenvalue weighted by Crippen LogP contribution is 2.35. The lowest BCUT2D eigenvalue weighted by atomic mass is 10.1. The van der Waals surface area contributed by atoms with Crippen molar-refractivity contribution in [1.82, 2.24) is 4.98 Å². The minimum atomic E-state index is -0.611. The fraction of sp³-hybridized carbons (Fsp3) is 0. The fourth-order valence-electron chi connectivity index (χ4n) is 1.93. The Morgan fingerprint density at radius 3 is 2.75 bits per heavy atom. The van der Waals surface area contributed by atoms with E-state index in [1.807, 2.05) is 6.07 Å². The summed E-state index contributed by atoms with van der Waals surface area (Å²) in [6.07, 6.45) is 1.68. The molecule has 5 heteroatoms. The lowest BCUT2D eigenvalue weighted by molar-refractivity contribution is 0.445. The van der Waals surface area contributed by atoms with Gasteiger partial charge in [0.15, 0.2) is 17.3 Å². The summed E-state index contributed by atoms with van der Waals surface area (Å²) in [4.78, 5) is 4.19. The number of nitrogens with two attached hydrogens (primary N) is 1. The van der Waals surface area contributed by atoms with Crippen molar-refractivity contribution in [3.05, 3.63) is 59.5 Å². The Kier molecular flexibility index (Phi) is 3.16. The maximum Gasteiger partial charge on any atom is 0.184 e. The molecule has 0 saturated heterocycles. The first-order chi connectivity index (χ1) is 9.66. The first-order valence-corrected chi connectivity index (χ1v) is 6.29. The molecule has 0 bridgehead atoms. The van der Waals surface area contributed by atoms with Gasteiger partial charge < -0.3 is 10.5 Å². The van der Waals surface area contributed by atoms with E-state index in [-0.39, 0.29) is 10.8 Å². The minimum absolute atomic E-state index is 0.00327. The van der Waals surface area contributed by atoms with Gasteiger partial charge in [-0.15, -0.1) is 0 Å². The van der Waals surface area contributed by atoms with Crippen LogP contribution in [0.2, 0.25) is 5.02 Å². The molecule has 2 N–H and O–H groups in total. The molecule has 0 radical (unpaired) electrons. The molecule has 0 spiro atoms. The van der Waals surface area contributed by atoms with E-state index in [0.717, 1.165) is 10.9 Å². The molecule has 0 aliphatic heterocycles. The van der Waals surface area contributed by atoms with Crippen molar-refractivity contribution >= 4 is 28.2 Å². The summed E-state index contributed by atoms with van der Waals surface area (Å²) >= 11 is 5.72. The quantitative estimate of drug-likeness (QED) is 0.711. The maximum atomic E-state index is 13.8. The van der Waals surface area contributed by atoms with E-state index in [0.29, 0.717) is 11.4 Å². The highest BCUT2D eigenvalue weighted by molar-refractivity contribution is 6.30. The van der Waals surface area contributed by atoms with Crippen molar-refractivity contribution in [2.75, 3.05) is 5.73 Å². The van der Waals surface area contributed by atoms with Crippen LogP contribution in [0.15, 0.2) is 48.7 Å². The number of halogens is 2. The van der Waals surface area contributed by atoms with Crippen LogP contribution in [0, 0.1) is 5.82 Å². The number of fused-ring (bicyclic) bond motifs is 1. The topological polar surface area (TPSA) is 48.1 Å². The molecule has 0 amide bonds. The molecule has 3 nitrogen and oxygen atoms in total. The van der Waals surface area contributed by atoms with Crippen molar-refractivity contribution < 1.29 is 9.13 Å². The summed E-state index contributed by atoms with van der Waals surface area (Å²) in [6, 6.07) is 11.6. The molecule has 1 heterocycles. The molecular weight excluding hydrogens is 279 g/mol. The zero-order valence-corrected chi connectivity index (χ0v) is 11.1.